The fraction of sp³-hybridized carbons (Fsp3) is 0.600. The van der Waals surface area contributed by atoms with Gasteiger partial charge in [-0.05, 0) is 37.9 Å². The zero-order valence-electron chi connectivity index (χ0n) is 10.9. The molecule has 1 saturated heterocycles. The number of alkyl halides is 1. The summed E-state index contributed by atoms with van der Waals surface area (Å²) >= 11 is 6.04. The molecule has 1 N–H and O–H groups in total. The van der Waals surface area contributed by atoms with E-state index in [1.54, 1.807) is 0 Å². The third-order valence-corrected chi connectivity index (χ3v) is 3.94. The zero-order valence-corrected chi connectivity index (χ0v) is 11.7. The van der Waals surface area contributed by atoms with E-state index in [-0.39, 0.29) is 0 Å². The van der Waals surface area contributed by atoms with Gasteiger partial charge < -0.3 is 10.2 Å². The molecule has 100 valence electrons. The van der Waals surface area contributed by atoms with E-state index in [0.29, 0.717) is 11.9 Å². The smallest absolute Gasteiger partial charge is 0.0380 e. The normalized spacial score (nSPS) is 18.1. The van der Waals surface area contributed by atoms with E-state index < -0.39 is 0 Å². The van der Waals surface area contributed by atoms with Gasteiger partial charge in [-0.2, -0.15) is 0 Å². The molecular formula is C15H23ClN2. The number of hydrogen-bond donors (Lipinski definition) is 1. The molecule has 1 aromatic carbocycles. The third kappa shape index (κ3) is 4.60. The Labute approximate surface area is 115 Å². The Kier molecular flexibility index (Phi) is 5.98. The lowest BCUT2D eigenvalue weighted by atomic mass is 10.1. The van der Waals surface area contributed by atoms with Crippen LogP contribution in [0.4, 0.5) is 0 Å². The molecule has 0 aliphatic carbocycles. The number of hydrogen-bond acceptors (Lipinski definition) is 2. The lowest BCUT2D eigenvalue weighted by Gasteiger charge is -2.19. The van der Waals surface area contributed by atoms with Crippen LogP contribution in [0.1, 0.15) is 18.4 Å². The topological polar surface area (TPSA) is 15.3 Å². The predicted molar refractivity (Wildman–Crippen MR) is 78.3 cm³/mol. The van der Waals surface area contributed by atoms with Crippen LogP contribution in [0.3, 0.4) is 0 Å². The first-order chi connectivity index (χ1) is 8.88. The molecular weight excluding hydrogens is 244 g/mol. The SMILES string of the molecule is ClCC(Cc1ccccc1)NCCN1CCCC1. The summed E-state index contributed by atoms with van der Waals surface area (Å²) in [6, 6.07) is 11.0. The summed E-state index contributed by atoms with van der Waals surface area (Å²) in [6.07, 6.45) is 3.75. The van der Waals surface area contributed by atoms with Crippen molar-refractivity contribution in [1.82, 2.24) is 10.2 Å². The maximum atomic E-state index is 6.04. The Morgan fingerprint density at radius 1 is 1.17 bits per heavy atom. The van der Waals surface area contributed by atoms with Gasteiger partial charge in [0.15, 0.2) is 0 Å². The Hall–Kier alpha value is -0.570. The molecule has 3 heteroatoms. The molecule has 2 rings (SSSR count). The second kappa shape index (κ2) is 7.78. The van der Waals surface area contributed by atoms with Crippen molar-refractivity contribution in [1.29, 1.82) is 0 Å². The van der Waals surface area contributed by atoms with Crippen LogP contribution in [0, 0.1) is 0 Å². The van der Waals surface area contributed by atoms with E-state index in [1.807, 2.05) is 0 Å². The van der Waals surface area contributed by atoms with E-state index in [9.17, 15) is 0 Å². The second-order valence-electron chi connectivity index (χ2n) is 5.04. The summed E-state index contributed by atoms with van der Waals surface area (Å²) in [5.74, 6) is 0.675. The highest BCUT2D eigenvalue weighted by atomic mass is 35.5. The van der Waals surface area contributed by atoms with Crippen molar-refractivity contribution in [2.45, 2.75) is 25.3 Å². The maximum Gasteiger partial charge on any atom is 0.0380 e. The van der Waals surface area contributed by atoms with E-state index in [4.69, 9.17) is 11.6 Å². The predicted octanol–water partition coefficient (Wildman–Crippen LogP) is 2.52. The Morgan fingerprint density at radius 2 is 1.89 bits per heavy atom. The van der Waals surface area contributed by atoms with E-state index in [0.717, 1.165) is 19.5 Å². The summed E-state index contributed by atoms with van der Waals surface area (Å²) in [6.45, 7) is 4.74. The molecule has 0 aromatic heterocycles. The van der Waals surface area contributed by atoms with Crippen molar-refractivity contribution in [3.8, 4) is 0 Å². The number of likely N-dealkylation sites (tertiary alicyclic amines) is 1. The van der Waals surface area contributed by atoms with Crippen LogP contribution in [-0.2, 0) is 6.42 Å². The minimum Gasteiger partial charge on any atom is -0.311 e. The van der Waals surface area contributed by atoms with Gasteiger partial charge in [0.2, 0.25) is 0 Å². The number of halogens is 1. The molecule has 1 aliphatic heterocycles. The highest BCUT2D eigenvalue weighted by Gasteiger charge is 2.12. The molecule has 0 saturated carbocycles. The summed E-state index contributed by atoms with van der Waals surface area (Å²) in [7, 11) is 0. The van der Waals surface area contributed by atoms with Crippen LogP contribution < -0.4 is 5.32 Å². The molecule has 0 spiro atoms. The van der Waals surface area contributed by atoms with Crippen LogP contribution in [0.25, 0.3) is 0 Å². The molecule has 0 radical (unpaired) electrons. The van der Waals surface area contributed by atoms with Crippen LogP contribution in [0.15, 0.2) is 30.3 Å². The van der Waals surface area contributed by atoms with Crippen molar-refractivity contribution in [3.63, 3.8) is 0 Å². The van der Waals surface area contributed by atoms with Crippen LogP contribution in [0.5, 0.6) is 0 Å². The number of nitrogens with one attached hydrogen (secondary N) is 1. The largest absolute Gasteiger partial charge is 0.311 e. The summed E-state index contributed by atoms with van der Waals surface area (Å²) < 4.78 is 0. The molecule has 1 unspecified atom stereocenters. The molecule has 1 fully saturated rings. The summed E-state index contributed by atoms with van der Waals surface area (Å²) in [5, 5.41) is 3.57. The van der Waals surface area contributed by atoms with E-state index in [2.05, 4.69) is 40.5 Å². The van der Waals surface area contributed by atoms with E-state index >= 15 is 0 Å². The van der Waals surface area contributed by atoms with Crippen LogP contribution in [0.2, 0.25) is 0 Å². The molecule has 2 nitrogen and oxygen atoms in total. The van der Waals surface area contributed by atoms with Gasteiger partial charge >= 0.3 is 0 Å². The minimum atomic E-state index is 0.386. The van der Waals surface area contributed by atoms with Gasteiger partial charge in [-0.15, -0.1) is 11.6 Å². The number of nitrogens with zero attached hydrogens (tertiary/aromatic N) is 1. The first-order valence-electron chi connectivity index (χ1n) is 6.94. The van der Waals surface area contributed by atoms with Crippen molar-refractivity contribution in [3.05, 3.63) is 35.9 Å². The standard InChI is InChI=1S/C15H23ClN2/c16-13-15(12-14-6-2-1-3-7-14)17-8-11-18-9-4-5-10-18/h1-3,6-7,15,17H,4-5,8-13H2. The van der Waals surface area contributed by atoms with Crippen LogP contribution in [-0.4, -0.2) is 43.0 Å². The highest BCUT2D eigenvalue weighted by Crippen LogP contribution is 2.07. The fourth-order valence-electron chi connectivity index (χ4n) is 2.51. The quantitative estimate of drug-likeness (QED) is 0.763. The Morgan fingerprint density at radius 3 is 2.56 bits per heavy atom. The highest BCUT2D eigenvalue weighted by molar-refractivity contribution is 6.18. The van der Waals surface area contributed by atoms with Crippen molar-refractivity contribution < 1.29 is 0 Å². The molecule has 1 aromatic rings. The lowest BCUT2D eigenvalue weighted by Crippen LogP contribution is -2.38. The zero-order chi connectivity index (χ0) is 12.6. The minimum absolute atomic E-state index is 0.386. The van der Waals surface area contributed by atoms with Crippen molar-refractivity contribution >= 4 is 11.6 Å². The first-order valence-corrected chi connectivity index (χ1v) is 7.47. The average molecular weight is 267 g/mol. The van der Waals surface area contributed by atoms with Crippen molar-refractivity contribution in [2.24, 2.45) is 0 Å². The van der Waals surface area contributed by atoms with Gasteiger partial charge in [0, 0.05) is 25.0 Å². The number of benzene rings is 1. The molecule has 1 atom stereocenters. The Balaban J connectivity index is 1.68. The van der Waals surface area contributed by atoms with Crippen LogP contribution >= 0.6 is 11.6 Å². The molecule has 1 heterocycles. The molecule has 1 aliphatic rings. The van der Waals surface area contributed by atoms with E-state index in [1.165, 1.54) is 31.5 Å². The van der Waals surface area contributed by atoms with Gasteiger partial charge in [-0.3, -0.25) is 0 Å². The maximum absolute atomic E-state index is 6.04. The van der Waals surface area contributed by atoms with Gasteiger partial charge in [-0.1, -0.05) is 30.3 Å². The van der Waals surface area contributed by atoms with Gasteiger partial charge in [0.05, 0.1) is 0 Å². The Bertz CT molecular complexity index is 323. The monoisotopic (exact) mass is 266 g/mol. The van der Waals surface area contributed by atoms with Gasteiger partial charge in [0.1, 0.15) is 0 Å². The van der Waals surface area contributed by atoms with Crippen molar-refractivity contribution in [2.75, 3.05) is 32.1 Å². The van der Waals surface area contributed by atoms with Gasteiger partial charge in [0.25, 0.3) is 0 Å². The average Bonchev–Trinajstić information content (AvgIpc) is 2.92. The third-order valence-electron chi connectivity index (χ3n) is 3.57. The second-order valence-corrected chi connectivity index (χ2v) is 5.35. The summed E-state index contributed by atoms with van der Waals surface area (Å²) in [5.41, 5.74) is 1.36. The first kappa shape index (κ1) is 13.9. The van der Waals surface area contributed by atoms with Gasteiger partial charge in [-0.25, -0.2) is 0 Å². The number of rotatable bonds is 7. The molecule has 0 bridgehead atoms. The lowest BCUT2D eigenvalue weighted by molar-refractivity contribution is 0.329. The fourth-order valence-corrected chi connectivity index (χ4v) is 2.73. The molecule has 0 amide bonds. The summed E-state index contributed by atoms with van der Waals surface area (Å²) in [4.78, 5) is 2.53. The molecule has 18 heavy (non-hydrogen) atoms.